The van der Waals surface area contributed by atoms with Gasteiger partial charge >= 0.3 is 0 Å². The first-order valence-electron chi connectivity index (χ1n) is 6.54. The molecular weight excluding hydrogens is 228 g/mol. The molecule has 1 spiro atoms. The summed E-state index contributed by atoms with van der Waals surface area (Å²) < 4.78 is 11.6. The van der Waals surface area contributed by atoms with Crippen molar-refractivity contribution < 1.29 is 14.6 Å². The topological polar surface area (TPSA) is 38.7 Å². The van der Waals surface area contributed by atoms with Crippen molar-refractivity contribution in [3.8, 4) is 0 Å². The summed E-state index contributed by atoms with van der Waals surface area (Å²) in [5.41, 5.74) is 2.28. The second-order valence-corrected chi connectivity index (χ2v) is 5.30. The molecule has 2 aliphatic carbocycles. The van der Waals surface area contributed by atoms with Gasteiger partial charge in [0.2, 0.25) is 0 Å². The average molecular weight is 244 g/mol. The summed E-state index contributed by atoms with van der Waals surface area (Å²) in [6, 6.07) is 8.06. The van der Waals surface area contributed by atoms with Crippen LogP contribution in [0, 0.1) is 0 Å². The largest absolute Gasteiger partial charge is 0.380 e. The van der Waals surface area contributed by atoms with Crippen LogP contribution in [0.4, 0.5) is 0 Å². The monoisotopic (exact) mass is 244 g/mol. The molecule has 1 saturated heterocycles. The third-order valence-corrected chi connectivity index (χ3v) is 4.34. The minimum atomic E-state index is -0.878. The number of hydrogen-bond donors (Lipinski definition) is 1. The average Bonchev–Trinajstić information content (AvgIpc) is 2.99. The van der Waals surface area contributed by atoms with Gasteiger partial charge in [0.25, 0.3) is 0 Å². The van der Waals surface area contributed by atoms with E-state index in [2.05, 4.69) is 12.1 Å². The van der Waals surface area contributed by atoms with Crippen molar-refractivity contribution >= 4 is 0 Å². The molecule has 3 nitrogen and oxygen atoms in total. The maximum Gasteiger partial charge on any atom is 0.194 e. The summed E-state index contributed by atoms with van der Waals surface area (Å²) in [7, 11) is 0. The van der Waals surface area contributed by atoms with Crippen molar-refractivity contribution in [2.24, 2.45) is 0 Å². The van der Waals surface area contributed by atoms with E-state index in [1.165, 1.54) is 5.56 Å². The number of benzene rings is 1. The molecule has 3 heteroatoms. The lowest BCUT2D eigenvalue weighted by molar-refractivity contribution is -0.148. The van der Waals surface area contributed by atoms with Crippen LogP contribution in [0.5, 0.6) is 0 Å². The van der Waals surface area contributed by atoms with Crippen LogP contribution in [0.15, 0.2) is 35.9 Å². The lowest BCUT2D eigenvalue weighted by Crippen LogP contribution is -2.48. The minimum absolute atomic E-state index is 0.620. The second-order valence-electron chi connectivity index (χ2n) is 5.30. The fourth-order valence-corrected chi connectivity index (χ4v) is 3.52. The standard InChI is InChI=1S/C15H16O3/c16-14(10-11-4-1-2-5-12(11)14)13-6-3-7-15(13)17-8-9-18-15/h1-2,4-6,16H,3,7-10H2/t14-/m0/s1. The van der Waals surface area contributed by atoms with E-state index in [4.69, 9.17) is 9.47 Å². The van der Waals surface area contributed by atoms with E-state index in [0.29, 0.717) is 19.6 Å². The highest BCUT2D eigenvalue weighted by Gasteiger charge is 2.55. The normalized spacial score (nSPS) is 32.2. The van der Waals surface area contributed by atoms with Gasteiger partial charge in [-0.2, -0.15) is 0 Å². The molecule has 0 bridgehead atoms. The van der Waals surface area contributed by atoms with E-state index in [0.717, 1.165) is 24.0 Å². The number of fused-ring (bicyclic) bond motifs is 1. The van der Waals surface area contributed by atoms with Crippen molar-refractivity contribution in [2.45, 2.75) is 30.7 Å². The molecule has 94 valence electrons. The molecule has 1 atom stereocenters. The van der Waals surface area contributed by atoms with Crippen molar-refractivity contribution in [1.29, 1.82) is 0 Å². The predicted molar refractivity (Wildman–Crippen MR) is 66.0 cm³/mol. The minimum Gasteiger partial charge on any atom is -0.380 e. The molecule has 1 N–H and O–H groups in total. The van der Waals surface area contributed by atoms with Crippen LogP contribution in [-0.2, 0) is 21.5 Å². The number of hydrogen-bond acceptors (Lipinski definition) is 3. The molecule has 0 amide bonds. The zero-order valence-corrected chi connectivity index (χ0v) is 10.2. The fraction of sp³-hybridized carbons (Fsp3) is 0.467. The predicted octanol–water partition coefficient (Wildman–Crippen LogP) is 1.89. The Morgan fingerprint density at radius 1 is 1.11 bits per heavy atom. The Hall–Kier alpha value is -1.16. The number of ether oxygens (including phenoxy) is 2. The molecule has 0 unspecified atom stereocenters. The van der Waals surface area contributed by atoms with E-state index < -0.39 is 11.4 Å². The van der Waals surface area contributed by atoms with Gasteiger partial charge in [0, 0.05) is 18.4 Å². The van der Waals surface area contributed by atoms with Gasteiger partial charge in [-0.25, -0.2) is 0 Å². The Bertz CT molecular complexity index is 528. The van der Waals surface area contributed by atoms with Gasteiger partial charge in [-0.05, 0) is 17.5 Å². The molecule has 0 saturated carbocycles. The maximum absolute atomic E-state index is 11.0. The summed E-state index contributed by atoms with van der Waals surface area (Å²) in [5.74, 6) is -0.651. The summed E-state index contributed by atoms with van der Waals surface area (Å²) in [4.78, 5) is 0. The van der Waals surface area contributed by atoms with Crippen molar-refractivity contribution in [3.05, 3.63) is 47.0 Å². The van der Waals surface area contributed by atoms with Gasteiger partial charge in [-0.15, -0.1) is 0 Å². The van der Waals surface area contributed by atoms with E-state index in [-0.39, 0.29) is 0 Å². The summed E-state index contributed by atoms with van der Waals surface area (Å²) >= 11 is 0. The Morgan fingerprint density at radius 2 is 1.89 bits per heavy atom. The van der Waals surface area contributed by atoms with Gasteiger partial charge < -0.3 is 14.6 Å². The molecular formula is C15H16O3. The van der Waals surface area contributed by atoms with Crippen LogP contribution in [0.3, 0.4) is 0 Å². The van der Waals surface area contributed by atoms with Gasteiger partial charge in [0.15, 0.2) is 5.79 Å². The molecule has 3 aliphatic rings. The summed E-state index contributed by atoms with van der Waals surface area (Å²) in [5, 5.41) is 11.0. The lowest BCUT2D eigenvalue weighted by atomic mass is 9.68. The smallest absolute Gasteiger partial charge is 0.194 e. The lowest BCUT2D eigenvalue weighted by Gasteiger charge is -2.45. The first kappa shape index (κ1) is 10.7. The first-order chi connectivity index (χ1) is 8.75. The highest BCUT2D eigenvalue weighted by atomic mass is 16.7. The summed E-state index contributed by atoms with van der Waals surface area (Å²) in [6.07, 6.45) is 4.51. The van der Waals surface area contributed by atoms with Crippen LogP contribution in [-0.4, -0.2) is 24.1 Å². The Labute approximate surface area is 106 Å². The quantitative estimate of drug-likeness (QED) is 0.767. The number of aliphatic hydroxyl groups is 1. The molecule has 18 heavy (non-hydrogen) atoms. The van der Waals surface area contributed by atoms with Crippen molar-refractivity contribution in [3.63, 3.8) is 0 Å². The molecule has 1 aromatic carbocycles. The molecule has 1 heterocycles. The van der Waals surface area contributed by atoms with Gasteiger partial charge in [-0.1, -0.05) is 30.3 Å². The number of rotatable bonds is 1. The highest BCUT2D eigenvalue weighted by Crippen LogP contribution is 2.53. The van der Waals surface area contributed by atoms with E-state index >= 15 is 0 Å². The molecule has 1 fully saturated rings. The maximum atomic E-state index is 11.0. The highest BCUT2D eigenvalue weighted by molar-refractivity contribution is 5.51. The van der Waals surface area contributed by atoms with E-state index in [1.807, 2.05) is 18.2 Å². The molecule has 0 aromatic heterocycles. The van der Waals surface area contributed by atoms with Crippen LogP contribution in [0.25, 0.3) is 0 Å². The van der Waals surface area contributed by atoms with Crippen LogP contribution >= 0.6 is 0 Å². The molecule has 1 aromatic rings. The van der Waals surface area contributed by atoms with Crippen LogP contribution < -0.4 is 0 Å². The SMILES string of the molecule is O[C@@]1(C2=CCCC23OCCO3)Cc2ccccc21. The van der Waals surface area contributed by atoms with Gasteiger partial charge in [0.05, 0.1) is 13.2 Å². The Kier molecular flexibility index (Phi) is 2.05. The first-order valence-corrected chi connectivity index (χ1v) is 6.54. The van der Waals surface area contributed by atoms with Crippen molar-refractivity contribution in [1.82, 2.24) is 0 Å². The fourth-order valence-electron chi connectivity index (χ4n) is 3.52. The molecule has 1 aliphatic heterocycles. The Balaban J connectivity index is 1.77. The Morgan fingerprint density at radius 3 is 2.67 bits per heavy atom. The van der Waals surface area contributed by atoms with Gasteiger partial charge in [0.1, 0.15) is 5.60 Å². The molecule has 0 radical (unpaired) electrons. The third-order valence-electron chi connectivity index (χ3n) is 4.34. The van der Waals surface area contributed by atoms with Crippen LogP contribution in [0.1, 0.15) is 24.0 Å². The van der Waals surface area contributed by atoms with E-state index in [9.17, 15) is 5.11 Å². The van der Waals surface area contributed by atoms with Crippen molar-refractivity contribution in [2.75, 3.05) is 13.2 Å². The molecule has 4 rings (SSSR count). The zero-order valence-electron chi connectivity index (χ0n) is 10.2. The third kappa shape index (κ3) is 1.19. The zero-order chi connectivity index (χ0) is 12.2. The summed E-state index contributed by atoms with van der Waals surface area (Å²) in [6.45, 7) is 1.24. The number of allylic oxidation sites excluding steroid dienone is 1. The second kappa shape index (κ2) is 3.44. The van der Waals surface area contributed by atoms with E-state index in [1.54, 1.807) is 0 Å². The van der Waals surface area contributed by atoms with Gasteiger partial charge in [-0.3, -0.25) is 0 Å². The van der Waals surface area contributed by atoms with Crippen LogP contribution in [0.2, 0.25) is 0 Å².